The quantitative estimate of drug-likeness (QED) is 0.630. The molecule has 0 bridgehead atoms. The third kappa shape index (κ3) is 4.33. The van der Waals surface area contributed by atoms with Crippen molar-refractivity contribution >= 4 is 28.1 Å². The second-order valence-corrected chi connectivity index (χ2v) is 7.92. The molecule has 0 radical (unpaired) electrons. The van der Waals surface area contributed by atoms with Gasteiger partial charge in [-0.1, -0.05) is 6.07 Å². The molecule has 1 amide bonds. The van der Waals surface area contributed by atoms with Crippen molar-refractivity contribution < 1.29 is 13.6 Å². The highest BCUT2D eigenvalue weighted by Crippen LogP contribution is 2.30. The molecule has 0 unspecified atom stereocenters. The lowest BCUT2D eigenvalue weighted by molar-refractivity contribution is -0.131. The lowest BCUT2D eigenvalue weighted by Gasteiger charge is -2.36. The number of aromatic amines is 1. The lowest BCUT2D eigenvalue weighted by atomic mass is 10.0. The Morgan fingerprint density at radius 1 is 1.06 bits per heavy atom. The number of carbonyl (C=O) groups is 1. The van der Waals surface area contributed by atoms with E-state index in [1.165, 1.54) is 30.3 Å². The van der Waals surface area contributed by atoms with Crippen LogP contribution in [0.1, 0.15) is 17.7 Å². The van der Waals surface area contributed by atoms with Gasteiger partial charge >= 0.3 is 0 Å². The standard InChI is InChI=1S/C24H22F2N4O2/c1-15-11-17(26)12-20-19(15)14-18(28-24(20)32)4-6-23(31)30-9-7-29(8-10-30)22-13-16(25)3-5-21(22)27-2/h3,5,11-14H,4,6-10H2,1H3,(H,28,32). The van der Waals surface area contributed by atoms with E-state index >= 15 is 0 Å². The molecule has 0 atom stereocenters. The highest BCUT2D eigenvalue weighted by atomic mass is 19.1. The number of H-pyrrole nitrogens is 1. The Hall–Kier alpha value is -3.73. The molecule has 1 N–H and O–H groups in total. The smallest absolute Gasteiger partial charge is 0.256 e. The molecule has 2 heterocycles. The number of hydrogen-bond acceptors (Lipinski definition) is 3. The van der Waals surface area contributed by atoms with Gasteiger partial charge < -0.3 is 14.8 Å². The molecule has 6 nitrogen and oxygen atoms in total. The molecule has 1 aliphatic rings. The Morgan fingerprint density at radius 3 is 2.53 bits per heavy atom. The fraction of sp³-hybridized carbons (Fsp3) is 0.292. The molecule has 0 aliphatic carbocycles. The number of anilines is 1. The van der Waals surface area contributed by atoms with Crippen molar-refractivity contribution in [1.82, 2.24) is 9.88 Å². The molecule has 0 saturated carbocycles. The highest BCUT2D eigenvalue weighted by molar-refractivity contribution is 5.85. The maximum absolute atomic E-state index is 13.6. The van der Waals surface area contributed by atoms with Gasteiger partial charge in [-0.15, -0.1) is 0 Å². The number of piperazine rings is 1. The van der Waals surface area contributed by atoms with E-state index in [9.17, 15) is 18.4 Å². The summed E-state index contributed by atoms with van der Waals surface area (Å²) in [5.41, 5.74) is 1.87. The van der Waals surface area contributed by atoms with Crippen LogP contribution in [0.4, 0.5) is 20.2 Å². The summed E-state index contributed by atoms with van der Waals surface area (Å²) in [6, 6.07) is 8.49. The fourth-order valence-electron chi connectivity index (χ4n) is 4.13. The minimum Gasteiger partial charge on any atom is -0.377 e. The predicted molar refractivity (Wildman–Crippen MR) is 119 cm³/mol. The van der Waals surface area contributed by atoms with Gasteiger partial charge in [-0.2, -0.15) is 0 Å². The van der Waals surface area contributed by atoms with Crippen LogP contribution < -0.4 is 10.5 Å². The zero-order valence-electron chi connectivity index (χ0n) is 17.6. The average Bonchev–Trinajstić information content (AvgIpc) is 2.78. The number of nitrogens with one attached hydrogen (secondary N) is 1. The van der Waals surface area contributed by atoms with E-state index in [1.54, 1.807) is 17.9 Å². The minimum atomic E-state index is -0.454. The summed E-state index contributed by atoms with van der Waals surface area (Å²) in [7, 11) is 0. The number of pyridine rings is 1. The molecule has 1 aliphatic heterocycles. The zero-order chi connectivity index (χ0) is 22.8. The Kier molecular flexibility index (Phi) is 5.91. The number of aromatic nitrogens is 1. The summed E-state index contributed by atoms with van der Waals surface area (Å²) >= 11 is 0. The van der Waals surface area contributed by atoms with Crippen LogP contribution in [0.25, 0.3) is 15.6 Å². The predicted octanol–water partition coefficient (Wildman–Crippen LogP) is 3.95. The number of aryl methyl sites for hydroxylation is 2. The Balaban J connectivity index is 1.40. The van der Waals surface area contributed by atoms with Crippen molar-refractivity contribution in [2.24, 2.45) is 0 Å². The molecule has 3 aromatic rings. The molecule has 32 heavy (non-hydrogen) atoms. The molecule has 2 aromatic carbocycles. The van der Waals surface area contributed by atoms with E-state index in [-0.39, 0.29) is 17.9 Å². The normalized spacial score (nSPS) is 13.9. The van der Waals surface area contributed by atoms with Gasteiger partial charge in [0.1, 0.15) is 11.6 Å². The molecular formula is C24H22F2N4O2. The average molecular weight is 436 g/mol. The van der Waals surface area contributed by atoms with Crippen molar-refractivity contribution in [1.29, 1.82) is 0 Å². The van der Waals surface area contributed by atoms with Crippen molar-refractivity contribution in [2.75, 3.05) is 31.1 Å². The van der Waals surface area contributed by atoms with Crippen molar-refractivity contribution in [2.45, 2.75) is 19.8 Å². The maximum Gasteiger partial charge on any atom is 0.256 e. The number of amides is 1. The van der Waals surface area contributed by atoms with Crippen LogP contribution in [0, 0.1) is 25.1 Å². The van der Waals surface area contributed by atoms with Gasteiger partial charge in [-0.05, 0) is 54.6 Å². The number of rotatable bonds is 4. The highest BCUT2D eigenvalue weighted by Gasteiger charge is 2.23. The lowest BCUT2D eigenvalue weighted by Crippen LogP contribution is -2.48. The Labute approximate surface area is 183 Å². The molecule has 8 heteroatoms. The molecule has 1 fully saturated rings. The minimum absolute atomic E-state index is 0.0360. The van der Waals surface area contributed by atoms with Crippen LogP contribution in [0.2, 0.25) is 0 Å². The number of fused-ring (bicyclic) bond motifs is 1. The summed E-state index contributed by atoms with van der Waals surface area (Å²) in [5.74, 6) is -0.886. The van der Waals surface area contributed by atoms with E-state index in [4.69, 9.17) is 6.57 Å². The molecule has 1 aromatic heterocycles. The van der Waals surface area contributed by atoms with Crippen LogP contribution in [0.15, 0.2) is 41.2 Å². The van der Waals surface area contributed by atoms with E-state index in [0.717, 1.165) is 0 Å². The SMILES string of the molecule is [C-]#[N+]c1ccc(F)cc1N1CCN(C(=O)CCc2cc3c(C)cc(F)cc3c(=O)[nH]2)CC1. The first-order chi connectivity index (χ1) is 15.4. The van der Waals surface area contributed by atoms with Crippen molar-refractivity contribution in [3.05, 3.63) is 81.1 Å². The van der Waals surface area contributed by atoms with Gasteiger partial charge in [0.2, 0.25) is 11.6 Å². The second-order valence-electron chi connectivity index (χ2n) is 7.92. The molecule has 0 spiro atoms. The fourth-order valence-corrected chi connectivity index (χ4v) is 4.13. The van der Waals surface area contributed by atoms with Gasteiger partial charge in [0.05, 0.1) is 12.0 Å². The van der Waals surface area contributed by atoms with Crippen molar-refractivity contribution in [3.63, 3.8) is 0 Å². The van der Waals surface area contributed by atoms with Crippen LogP contribution in [-0.4, -0.2) is 42.0 Å². The maximum atomic E-state index is 13.6. The monoisotopic (exact) mass is 436 g/mol. The van der Waals surface area contributed by atoms with Gasteiger partial charge in [0.15, 0.2) is 0 Å². The van der Waals surface area contributed by atoms with E-state index in [1.807, 2.05) is 4.90 Å². The van der Waals surface area contributed by atoms with Crippen LogP contribution in [0.5, 0.6) is 0 Å². The Bertz CT molecular complexity index is 1290. The molecule has 1 saturated heterocycles. The topological polar surface area (TPSA) is 60.8 Å². The van der Waals surface area contributed by atoms with Gasteiger partial charge in [0.25, 0.3) is 5.56 Å². The Morgan fingerprint density at radius 2 is 1.81 bits per heavy atom. The van der Waals surface area contributed by atoms with Gasteiger partial charge in [0, 0.05) is 44.0 Å². The molecule has 4 rings (SSSR count). The van der Waals surface area contributed by atoms with Crippen LogP contribution in [0.3, 0.4) is 0 Å². The number of halogens is 2. The van der Waals surface area contributed by atoms with E-state index < -0.39 is 11.6 Å². The van der Waals surface area contributed by atoms with Gasteiger partial charge in [-0.3, -0.25) is 9.59 Å². The molecular weight excluding hydrogens is 414 g/mol. The second kappa shape index (κ2) is 8.79. The summed E-state index contributed by atoms with van der Waals surface area (Å²) < 4.78 is 27.2. The largest absolute Gasteiger partial charge is 0.377 e. The summed E-state index contributed by atoms with van der Waals surface area (Å²) in [5, 5.41) is 0.974. The summed E-state index contributed by atoms with van der Waals surface area (Å²) in [6.45, 7) is 11.0. The number of benzene rings is 2. The third-order valence-corrected chi connectivity index (χ3v) is 5.83. The number of nitrogens with zero attached hydrogens (tertiary/aromatic N) is 3. The molecule has 164 valence electrons. The first-order valence-electron chi connectivity index (χ1n) is 10.4. The number of hydrogen-bond donors (Lipinski definition) is 1. The summed E-state index contributed by atoms with van der Waals surface area (Å²) in [6.07, 6.45) is 0.599. The third-order valence-electron chi connectivity index (χ3n) is 5.83. The van der Waals surface area contributed by atoms with Crippen molar-refractivity contribution in [3.8, 4) is 0 Å². The van der Waals surface area contributed by atoms with Crippen LogP contribution >= 0.6 is 0 Å². The summed E-state index contributed by atoms with van der Waals surface area (Å²) in [4.78, 5) is 34.9. The van der Waals surface area contributed by atoms with E-state index in [0.29, 0.717) is 66.0 Å². The van der Waals surface area contributed by atoms with E-state index in [2.05, 4.69) is 9.83 Å². The zero-order valence-corrected chi connectivity index (χ0v) is 17.6. The number of carbonyl (C=O) groups excluding carboxylic acids is 1. The first-order valence-corrected chi connectivity index (χ1v) is 10.4. The first kappa shape index (κ1) is 21.5. The van der Waals surface area contributed by atoms with Crippen LogP contribution in [-0.2, 0) is 11.2 Å². The van der Waals surface area contributed by atoms with Gasteiger partial charge in [-0.25, -0.2) is 13.6 Å².